The van der Waals surface area contributed by atoms with Crippen molar-refractivity contribution in [1.29, 1.82) is 0 Å². The molecular formula is C12H15NO. The van der Waals surface area contributed by atoms with Crippen molar-refractivity contribution in [2.45, 2.75) is 25.5 Å². The Morgan fingerprint density at radius 2 is 2.21 bits per heavy atom. The molecule has 74 valence electrons. The van der Waals surface area contributed by atoms with Gasteiger partial charge in [0.05, 0.1) is 6.10 Å². The maximum absolute atomic E-state index is 9.78. The summed E-state index contributed by atoms with van der Waals surface area (Å²) in [7, 11) is 0. The number of allylic oxidation sites excluding steroid dienone is 1. The molecule has 0 fully saturated rings. The molecule has 1 aliphatic carbocycles. The van der Waals surface area contributed by atoms with Crippen LogP contribution in [0.5, 0.6) is 0 Å². The van der Waals surface area contributed by atoms with E-state index < -0.39 is 6.10 Å². The van der Waals surface area contributed by atoms with Crippen LogP contribution in [0, 0.1) is 0 Å². The van der Waals surface area contributed by atoms with Gasteiger partial charge >= 0.3 is 0 Å². The third-order valence-electron chi connectivity index (χ3n) is 2.64. The van der Waals surface area contributed by atoms with Gasteiger partial charge in [0.2, 0.25) is 0 Å². The third kappa shape index (κ3) is 1.59. The van der Waals surface area contributed by atoms with Crippen LogP contribution in [0.25, 0.3) is 6.08 Å². The SMILES string of the molecule is CC(N)C(O)c1ccc2c(c1)C=CC2. The van der Waals surface area contributed by atoms with Crippen LogP contribution in [-0.2, 0) is 6.42 Å². The Balaban J connectivity index is 2.32. The van der Waals surface area contributed by atoms with Crippen LogP contribution in [0.1, 0.15) is 29.7 Å². The lowest BCUT2D eigenvalue weighted by atomic mass is 9.99. The zero-order valence-electron chi connectivity index (χ0n) is 8.27. The highest BCUT2D eigenvalue weighted by atomic mass is 16.3. The first kappa shape index (κ1) is 9.44. The molecule has 3 N–H and O–H groups in total. The van der Waals surface area contributed by atoms with Crippen LogP contribution < -0.4 is 5.73 Å². The standard InChI is InChI=1S/C12H15NO/c1-8(13)12(14)11-6-5-9-3-2-4-10(9)7-11/h2,4-8,12,14H,3,13H2,1H3. The predicted molar refractivity (Wildman–Crippen MR) is 57.8 cm³/mol. The van der Waals surface area contributed by atoms with Gasteiger partial charge in [-0.1, -0.05) is 24.3 Å². The number of hydrogen-bond acceptors (Lipinski definition) is 2. The van der Waals surface area contributed by atoms with Crippen LogP contribution in [0.4, 0.5) is 0 Å². The van der Waals surface area contributed by atoms with E-state index in [0.29, 0.717) is 0 Å². The third-order valence-corrected chi connectivity index (χ3v) is 2.64. The Kier molecular flexibility index (Phi) is 2.40. The minimum Gasteiger partial charge on any atom is -0.387 e. The number of aliphatic hydroxyl groups is 1. The van der Waals surface area contributed by atoms with Crippen molar-refractivity contribution in [3.05, 3.63) is 41.0 Å². The lowest BCUT2D eigenvalue weighted by Gasteiger charge is -2.15. The van der Waals surface area contributed by atoms with Gasteiger partial charge in [-0.15, -0.1) is 0 Å². The predicted octanol–water partition coefficient (Wildman–Crippen LogP) is 1.64. The van der Waals surface area contributed by atoms with Gasteiger partial charge in [-0.25, -0.2) is 0 Å². The summed E-state index contributed by atoms with van der Waals surface area (Å²) in [5, 5.41) is 9.78. The summed E-state index contributed by atoms with van der Waals surface area (Å²) < 4.78 is 0. The number of benzene rings is 1. The molecule has 2 unspecified atom stereocenters. The normalized spacial score (nSPS) is 17.9. The Labute approximate surface area is 84.1 Å². The summed E-state index contributed by atoms with van der Waals surface area (Å²) in [6.45, 7) is 1.81. The smallest absolute Gasteiger partial charge is 0.0938 e. The van der Waals surface area contributed by atoms with Crippen molar-refractivity contribution < 1.29 is 5.11 Å². The molecule has 2 heteroatoms. The van der Waals surface area contributed by atoms with Crippen LogP contribution in [0.2, 0.25) is 0 Å². The van der Waals surface area contributed by atoms with E-state index in [1.54, 1.807) is 0 Å². The second-order valence-corrected chi connectivity index (χ2v) is 3.87. The molecule has 2 atom stereocenters. The maximum atomic E-state index is 9.78. The van der Waals surface area contributed by atoms with Gasteiger partial charge in [-0.2, -0.15) is 0 Å². The van der Waals surface area contributed by atoms with E-state index in [1.165, 1.54) is 11.1 Å². The summed E-state index contributed by atoms with van der Waals surface area (Å²) in [5.74, 6) is 0. The number of nitrogens with two attached hydrogens (primary N) is 1. The van der Waals surface area contributed by atoms with Crippen molar-refractivity contribution in [3.8, 4) is 0 Å². The van der Waals surface area contributed by atoms with Gasteiger partial charge in [0.15, 0.2) is 0 Å². The molecular weight excluding hydrogens is 174 g/mol. The number of fused-ring (bicyclic) bond motifs is 1. The molecule has 1 aromatic rings. The minimum absolute atomic E-state index is 0.224. The molecule has 0 amide bonds. The van der Waals surface area contributed by atoms with Crippen LogP contribution in [0.3, 0.4) is 0 Å². The number of rotatable bonds is 2. The highest BCUT2D eigenvalue weighted by molar-refractivity contribution is 5.60. The lowest BCUT2D eigenvalue weighted by Crippen LogP contribution is -2.24. The Hall–Kier alpha value is -1.12. The average molecular weight is 189 g/mol. The fourth-order valence-corrected chi connectivity index (χ4v) is 1.75. The largest absolute Gasteiger partial charge is 0.387 e. The van der Waals surface area contributed by atoms with E-state index in [-0.39, 0.29) is 6.04 Å². The van der Waals surface area contributed by atoms with E-state index in [2.05, 4.69) is 18.2 Å². The van der Waals surface area contributed by atoms with Crippen molar-refractivity contribution in [2.24, 2.45) is 5.73 Å². The Morgan fingerprint density at radius 1 is 1.43 bits per heavy atom. The second kappa shape index (κ2) is 3.56. The molecule has 0 aromatic heterocycles. The van der Waals surface area contributed by atoms with Crippen molar-refractivity contribution in [1.82, 2.24) is 0 Å². The molecule has 0 saturated carbocycles. The first-order valence-electron chi connectivity index (χ1n) is 4.91. The van der Waals surface area contributed by atoms with Gasteiger partial charge in [0.1, 0.15) is 0 Å². The molecule has 1 aromatic carbocycles. The van der Waals surface area contributed by atoms with Gasteiger partial charge in [-0.3, -0.25) is 0 Å². The van der Waals surface area contributed by atoms with E-state index >= 15 is 0 Å². The first-order valence-corrected chi connectivity index (χ1v) is 4.91. The fourth-order valence-electron chi connectivity index (χ4n) is 1.75. The lowest BCUT2D eigenvalue weighted by molar-refractivity contribution is 0.153. The number of aliphatic hydroxyl groups excluding tert-OH is 1. The van der Waals surface area contributed by atoms with Gasteiger partial charge in [-0.05, 0) is 36.1 Å². The van der Waals surface area contributed by atoms with Crippen LogP contribution >= 0.6 is 0 Å². The first-order chi connectivity index (χ1) is 6.68. The fraction of sp³-hybridized carbons (Fsp3) is 0.333. The van der Waals surface area contributed by atoms with Gasteiger partial charge < -0.3 is 10.8 Å². The molecule has 0 bridgehead atoms. The van der Waals surface area contributed by atoms with Crippen LogP contribution in [-0.4, -0.2) is 11.1 Å². The summed E-state index contributed by atoms with van der Waals surface area (Å²) in [6.07, 6.45) is 4.66. The van der Waals surface area contributed by atoms with Crippen LogP contribution in [0.15, 0.2) is 24.3 Å². The minimum atomic E-state index is -0.561. The van der Waals surface area contributed by atoms with E-state index in [0.717, 1.165) is 12.0 Å². The molecule has 14 heavy (non-hydrogen) atoms. The molecule has 0 radical (unpaired) electrons. The molecule has 2 nitrogen and oxygen atoms in total. The van der Waals surface area contributed by atoms with Crippen molar-refractivity contribution in [3.63, 3.8) is 0 Å². The molecule has 0 heterocycles. The summed E-state index contributed by atoms with van der Waals surface area (Å²) in [4.78, 5) is 0. The van der Waals surface area contributed by atoms with Crippen molar-refractivity contribution in [2.75, 3.05) is 0 Å². The van der Waals surface area contributed by atoms with E-state index in [4.69, 9.17) is 5.73 Å². The zero-order chi connectivity index (χ0) is 10.1. The monoisotopic (exact) mass is 189 g/mol. The quantitative estimate of drug-likeness (QED) is 0.743. The summed E-state index contributed by atoms with van der Waals surface area (Å²) in [6, 6.07) is 5.82. The highest BCUT2D eigenvalue weighted by Crippen LogP contribution is 2.24. The van der Waals surface area contributed by atoms with E-state index in [1.807, 2.05) is 19.1 Å². The second-order valence-electron chi connectivity index (χ2n) is 3.87. The summed E-state index contributed by atoms with van der Waals surface area (Å²) >= 11 is 0. The Bertz CT molecular complexity index is 369. The number of hydrogen-bond donors (Lipinski definition) is 2. The van der Waals surface area contributed by atoms with Gasteiger partial charge in [0.25, 0.3) is 0 Å². The molecule has 1 aliphatic rings. The molecule has 0 saturated heterocycles. The average Bonchev–Trinajstić information content (AvgIpc) is 2.62. The van der Waals surface area contributed by atoms with Crippen molar-refractivity contribution >= 4 is 6.08 Å². The zero-order valence-corrected chi connectivity index (χ0v) is 8.27. The highest BCUT2D eigenvalue weighted by Gasteiger charge is 2.14. The Morgan fingerprint density at radius 3 is 2.93 bits per heavy atom. The topological polar surface area (TPSA) is 46.2 Å². The van der Waals surface area contributed by atoms with Gasteiger partial charge in [0, 0.05) is 6.04 Å². The molecule has 0 spiro atoms. The molecule has 2 rings (SSSR count). The summed E-state index contributed by atoms with van der Waals surface area (Å²) in [5.41, 5.74) is 9.09. The maximum Gasteiger partial charge on any atom is 0.0938 e. The van der Waals surface area contributed by atoms with E-state index in [9.17, 15) is 5.11 Å². The molecule has 0 aliphatic heterocycles.